The fraction of sp³-hybridized carbons (Fsp3) is 0.400. The third kappa shape index (κ3) is 2.80. The van der Waals surface area contributed by atoms with Crippen molar-refractivity contribution >= 4 is 11.3 Å². The Labute approximate surface area is 97.1 Å². The molecule has 5 nitrogen and oxygen atoms in total. The summed E-state index contributed by atoms with van der Waals surface area (Å²) < 4.78 is 1.87. The number of hydrogen-bond donors (Lipinski definition) is 2. The summed E-state index contributed by atoms with van der Waals surface area (Å²) in [5.41, 5.74) is 2.14. The van der Waals surface area contributed by atoms with Crippen LogP contribution in [0.5, 0.6) is 0 Å². The van der Waals surface area contributed by atoms with Gasteiger partial charge >= 0.3 is 4.87 Å². The van der Waals surface area contributed by atoms with Crippen molar-refractivity contribution in [2.24, 2.45) is 7.05 Å². The van der Waals surface area contributed by atoms with E-state index in [-0.39, 0.29) is 4.87 Å². The predicted octanol–water partition coefficient (Wildman–Crippen LogP) is 0.502. The SMILES string of the molecule is Cn1nccc1CCNCc1csc(=O)[nH]1. The maximum Gasteiger partial charge on any atom is 0.304 e. The molecule has 0 aliphatic heterocycles. The standard InChI is InChI=1S/C10H14N4OS/c1-14-9(3-5-12-14)2-4-11-6-8-7-16-10(15)13-8/h3,5,7,11H,2,4,6H2,1H3,(H,13,15). The molecule has 0 aliphatic rings. The number of thiazole rings is 1. The van der Waals surface area contributed by atoms with Gasteiger partial charge in [-0.15, -0.1) is 0 Å². The van der Waals surface area contributed by atoms with Crippen molar-refractivity contribution in [1.82, 2.24) is 20.1 Å². The van der Waals surface area contributed by atoms with Crippen LogP contribution in [0, 0.1) is 0 Å². The van der Waals surface area contributed by atoms with Gasteiger partial charge in [0.15, 0.2) is 0 Å². The molecule has 86 valence electrons. The summed E-state index contributed by atoms with van der Waals surface area (Å²) in [4.78, 5) is 13.6. The smallest absolute Gasteiger partial charge is 0.304 e. The average Bonchev–Trinajstić information content (AvgIpc) is 2.83. The van der Waals surface area contributed by atoms with Gasteiger partial charge in [-0.05, 0) is 6.07 Å². The number of rotatable bonds is 5. The lowest BCUT2D eigenvalue weighted by Crippen LogP contribution is -2.18. The first-order chi connectivity index (χ1) is 7.75. The van der Waals surface area contributed by atoms with Crippen LogP contribution >= 0.6 is 11.3 Å². The number of H-pyrrole nitrogens is 1. The minimum absolute atomic E-state index is 0.00318. The maximum atomic E-state index is 10.9. The highest BCUT2D eigenvalue weighted by molar-refractivity contribution is 7.07. The summed E-state index contributed by atoms with van der Waals surface area (Å²) in [5, 5.41) is 9.22. The molecule has 2 N–H and O–H groups in total. The van der Waals surface area contributed by atoms with Crippen molar-refractivity contribution in [3.05, 3.63) is 38.7 Å². The molecule has 0 unspecified atom stereocenters. The zero-order chi connectivity index (χ0) is 11.4. The van der Waals surface area contributed by atoms with Crippen LogP contribution in [-0.2, 0) is 20.0 Å². The van der Waals surface area contributed by atoms with Crippen molar-refractivity contribution in [2.75, 3.05) is 6.54 Å². The zero-order valence-electron chi connectivity index (χ0n) is 9.06. The van der Waals surface area contributed by atoms with E-state index in [1.54, 1.807) is 6.20 Å². The van der Waals surface area contributed by atoms with Gasteiger partial charge in [-0.25, -0.2) is 0 Å². The topological polar surface area (TPSA) is 62.7 Å². The molecule has 2 heterocycles. The molecular formula is C10H14N4OS. The lowest BCUT2D eigenvalue weighted by atomic mass is 10.3. The Morgan fingerprint density at radius 1 is 1.62 bits per heavy atom. The second-order valence-electron chi connectivity index (χ2n) is 3.55. The van der Waals surface area contributed by atoms with E-state index >= 15 is 0 Å². The molecule has 0 aliphatic carbocycles. The largest absolute Gasteiger partial charge is 0.315 e. The Morgan fingerprint density at radius 2 is 2.50 bits per heavy atom. The van der Waals surface area contributed by atoms with E-state index in [9.17, 15) is 4.79 Å². The van der Waals surface area contributed by atoms with Crippen molar-refractivity contribution < 1.29 is 0 Å². The van der Waals surface area contributed by atoms with E-state index in [1.807, 2.05) is 23.2 Å². The normalized spacial score (nSPS) is 10.8. The molecule has 2 rings (SSSR count). The van der Waals surface area contributed by atoms with Crippen LogP contribution < -0.4 is 10.2 Å². The van der Waals surface area contributed by atoms with E-state index in [0.717, 1.165) is 18.7 Å². The summed E-state index contributed by atoms with van der Waals surface area (Å²) in [6.07, 6.45) is 2.73. The summed E-state index contributed by atoms with van der Waals surface area (Å²) in [5.74, 6) is 0. The molecule has 0 aromatic carbocycles. The molecule has 0 amide bonds. The molecule has 2 aromatic heterocycles. The van der Waals surface area contributed by atoms with Crippen LogP contribution in [0.1, 0.15) is 11.4 Å². The molecule has 0 bridgehead atoms. The Balaban J connectivity index is 1.73. The molecule has 6 heteroatoms. The summed E-state index contributed by atoms with van der Waals surface area (Å²) in [7, 11) is 1.94. The van der Waals surface area contributed by atoms with Gasteiger partial charge in [-0.1, -0.05) is 11.3 Å². The summed E-state index contributed by atoms with van der Waals surface area (Å²) in [6.45, 7) is 1.58. The van der Waals surface area contributed by atoms with Gasteiger partial charge in [-0.2, -0.15) is 5.10 Å². The minimum Gasteiger partial charge on any atom is -0.315 e. The van der Waals surface area contributed by atoms with Gasteiger partial charge in [-0.3, -0.25) is 9.48 Å². The lowest BCUT2D eigenvalue weighted by molar-refractivity contribution is 0.638. The van der Waals surface area contributed by atoms with Crippen LogP contribution in [0.4, 0.5) is 0 Å². The highest BCUT2D eigenvalue weighted by Crippen LogP contribution is 1.97. The van der Waals surface area contributed by atoms with Crippen molar-refractivity contribution in [3.63, 3.8) is 0 Å². The van der Waals surface area contributed by atoms with Gasteiger partial charge in [0.1, 0.15) is 0 Å². The molecule has 2 aromatic rings. The summed E-state index contributed by atoms with van der Waals surface area (Å²) >= 11 is 1.20. The third-order valence-corrected chi connectivity index (χ3v) is 3.09. The number of nitrogens with zero attached hydrogens (tertiary/aromatic N) is 2. The van der Waals surface area contributed by atoms with Crippen molar-refractivity contribution in [1.29, 1.82) is 0 Å². The number of aryl methyl sites for hydroxylation is 1. The quantitative estimate of drug-likeness (QED) is 0.746. The van der Waals surface area contributed by atoms with E-state index in [0.29, 0.717) is 6.54 Å². The number of aromatic nitrogens is 3. The number of nitrogens with one attached hydrogen (secondary N) is 2. The van der Waals surface area contributed by atoms with Crippen LogP contribution in [0.2, 0.25) is 0 Å². The first-order valence-corrected chi connectivity index (χ1v) is 5.98. The Hall–Kier alpha value is -1.40. The monoisotopic (exact) mass is 238 g/mol. The summed E-state index contributed by atoms with van der Waals surface area (Å²) in [6, 6.07) is 2.01. The van der Waals surface area contributed by atoms with Crippen LogP contribution in [0.15, 0.2) is 22.4 Å². The van der Waals surface area contributed by atoms with Gasteiger partial charge in [0.25, 0.3) is 0 Å². The first kappa shape index (κ1) is 11.1. The molecule has 0 fully saturated rings. The van der Waals surface area contributed by atoms with Crippen LogP contribution in [0.25, 0.3) is 0 Å². The molecule has 0 saturated heterocycles. The lowest BCUT2D eigenvalue weighted by Gasteiger charge is -2.03. The van der Waals surface area contributed by atoms with Gasteiger partial charge < -0.3 is 10.3 Å². The van der Waals surface area contributed by atoms with Crippen LogP contribution in [-0.4, -0.2) is 21.3 Å². The second kappa shape index (κ2) is 5.09. The minimum atomic E-state index is 0.00318. The maximum absolute atomic E-state index is 10.9. The van der Waals surface area contributed by atoms with E-state index in [4.69, 9.17) is 0 Å². The average molecular weight is 238 g/mol. The molecule has 0 spiro atoms. The van der Waals surface area contributed by atoms with E-state index in [2.05, 4.69) is 15.4 Å². The second-order valence-corrected chi connectivity index (χ2v) is 4.39. The Kier molecular flexibility index (Phi) is 3.53. The highest BCUT2D eigenvalue weighted by atomic mass is 32.1. The van der Waals surface area contributed by atoms with Gasteiger partial charge in [0.05, 0.1) is 0 Å². The van der Waals surface area contributed by atoms with E-state index < -0.39 is 0 Å². The predicted molar refractivity (Wildman–Crippen MR) is 63.6 cm³/mol. The number of hydrogen-bond acceptors (Lipinski definition) is 4. The molecular weight excluding hydrogens is 224 g/mol. The first-order valence-electron chi connectivity index (χ1n) is 5.10. The number of aromatic amines is 1. The molecule has 16 heavy (non-hydrogen) atoms. The van der Waals surface area contributed by atoms with Crippen LogP contribution in [0.3, 0.4) is 0 Å². The Bertz CT molecular complexity index is 499. The van der Waals surface area contributed by atoms with Gasteiger partial charge in [0, 0.05) is 49.5 Å². The van der Waals surface area contributed by atoms with Gasteiger partial charge in [0.2, 0.25) is 0 Å². The van der Waals surface area contributed by atoms with Crippen molar-refractivity contribution in [2.45, 2.75) is 13.0 Å². The van der Waals surface area contributed by atoms with E-state index in [1.165, 1.54) is 17.0 Å². The zero-order valence-corrected chi connectivity index (χ0v) is 9.88. The molecule has 0 atom stereocenters. The molecule has 0 radical (unpaired) electrons. The highest BCUT2D eigenvalue weighted by Gasteiger charge is 1.99. The fourth-order valence-corrected chi connectivity index (χ4v) is 2.07. The molecule has 0 saturated carbocycles. The van der Waals surface area contributed by atoms with Crippen molar-refractivity contribution in [3.8, 4) is 0 Å². The third-order valence-electron chi connectivity index (χ3n) is 2.37. The Morgan fingerprint density at radius 3 is 3.12 bits per heavy atom. The fourth-order valence-electron chi connectivity index (χ4n) is 1.49.